The molecule has 0 atom stereocenters. The van der Waals surface area contributed by atoms with Gasteiger partial charge in [-0.25, -0.2) is 0 Å². The van der Waals surface area contributed by atoms with Crippen LogP contribution in [0.5, 0.6) is 0 Å². The average molecular weight is 456 g/mol. The zero-order valence-corrected chi connectivity index (χ0v) is 19.1. The third-order valence-electron chi connectivity index (χ3n) is 6.29. The molecule has 34 heavy (non-hydrogen) atoms. The number of piperidine rings is 1. The molecule has 1 saturated heterocycles. The van der Waals surface area contributed by atoms with Crippen LogP contribution in [-0.2, 0) is 22.7 Å². The van der Waals surface area contributed by atoms with E-state index in [0.717, 1.165) is 60.2 Å². The van der Waals surface area contributed by atoms with Gasteiger partial charge >= 0.3 is 0 Å². The molecule has 4 rings (SSSR count). The van der Waals surface area contributed by atoms with E-state index >= 15 is 0 Å². The summed E-state index contributed by atoms with van der Waals surface area (Å²) in [6.45, 7) is 3.07. The number of para-hydroxylation sites is 1. The highest BCUT2D eigenvalue weighted by Crippen LogP contribution is 2.23. The standard InChI is InChI=1S/C27H29N5O2/c28-13-4-14-32-19-22(24-7-1-2-8-25(24)32)9-10-26(33)30-23-6-3-5-20(17-23)18-31-15-11-21(12-16-31)27(29)34/h1-3,5-10,17,19,21H,4,11-12,14-16,18H2,(H2,29,34)(H,30,33)/b10-9+. The van der Waals surface area contributed by atoms with E-state index in [2.05, 4.69) is 16.3 Å². The van der Waals surface area contributed by atoms with Crippen molar-refractivity contribution < 1.29 is 9.59 Å². The number of fused-ring (bicyclic) bond motifs is 1. The molecule has 0 aliphatic carbocycles. The minimum atomic E-state index is -0.204. The molecule has 2 aromatic carbocycles. The number of amides is 2. The van der Waals surface area contributed by atoms with E-state index in [9.17, 15) is 9.59 Å². The predicted molar refractivity (Wildman–Crippen MR) is 133 cm³/mol. The molecule has 174 valence electrons. The first kappa shape index (κ1) is 23.3. The lowest BCUT2D eigenvalue weighted by molar-refractivity contribution is -0.123. The Morgan fingerprint density at radius 1 is 1.15 bits per heavy atom. The molecule has 0 saturated carbocycles. The van der Waals surface area contributed by atoms with Crippen molar-refractivity contribution in [3.05, 3.63) is 71.9 Å². The van der Waals surface area contributed by atoms with Crippen molar-refractivity contribution in [1.82, 2.24) is 9.47 Å². The number of nitriles is 1. The smallest absolute Gasteiger partial charge is 0.248 e. The fourth-order valence-electron chi connectivity index (χ4n) is 4.49. The van der Waals surface area contributed by atoms with Crippen molar-refractivity contribution in [2.45, 2.75) is 32.4 Å². The number of aryl methyl sites for hydroxylation is 1. The molecule has 7 heteroatoms. The Morgan fingerprint density at radius 2 is 1.94 bits per heavy atom. The molecule has 7 nitrogen and oxygen atoms in total. The van der Waals surface area contributed by atoms with Crippen molar-refractivity contribution in [3.63, 3.8) is 0 Å². The number of aromatic nitrogens is 1. The summed E-state index contributed by atoms with van der Waals surface area (Å²) >= 11 is 0. The second-order valence-corrected chi connectivity index (χ2v) is 8.68. The zero-order chi connectivity index (χ0) is 23.9. The van der Waals surface area contributed by atoms with Crippen molar-refractivity contribution in [2.75, 3.05) is 18.4 Å². The van der Waals surface area contributed by atoms with Gasteiger partial charge in [0.2, 0.25) is 11.8 Å². The first-order chi connectivity index (χ1) is 16.5. The van der Waals surface area contributed by atoms with Crippen LogP contribution in [0.4, 0.5) is 5.69 Å². The van der Waals surface area contributed by atoms with E-state index in [1.54, 1.807) is 0 Å². The average Bonchev–Trinajstić information content (AvgIpc) is 3.20. The Bertz CT molecular complexity index is 1250. The fourth-order valence-corrected chi connectivity index (χ4v) is 4.49. The third-order valence-corrected chi connectivity index (χ3v) is 6.29. The molecule has 0 unspecified atom stereocenters. The fraction of sp³-hybridized carbons (Fsp3) is 0.296. The Hall–Kier alpha value is -3.89. The van der Waals surface area contributed by atoms with E-state index in [0.29, 0.717) is 13.0 Å². The number of likely N-dealkylation sites (tertiary alicyclic amines) is 1. The number of nitrogens with zero attached hydrogens (tertiary/aromatic N) is 3. The highest BCUT2D eigenvalue weighted by molar-refractivity contribution is 6.03. The molecule has 0 spiro atoms. The van der Waals surface area contributed by atoms with Gasteiger partial charge in [0.05, 0.1) is 12.5 Å². The molecule has 2 heterocycles. The molecule has 3 N–H and O–H groups in total. The molecule has 2 amide bonds. The third kappa shape index (κ3) is 5.72. The van der Waals surface area contributed by atoms with Crippen molar-refractivity contribution in [1.29, 1.82) is 5.26 Å². The summed E-state index contributed by atoms with van der Waals surface area (Å²) in [6, 6.07) is 18.0. The SMILES string of the molecule is N#CCCn1cc(/C=C/C(=O)Nc2cccc(CN3CCC(C(N)=O)CC3)c2)c2ccccc21. The van der Waals surface area contributed by atoms with Gasteiger partial charge in [0.15, 0.2) is 0 Å². The number of nitrogens with two attached hydrogens (primary N) is 1. The topological polar surface area (TPSA) is 104 Å². The number of carbonyl (C=O) groups excluding carboxylic acids is 2. The number of rotatable bonds is 8. The number of hydrogen-bond acceptors (Lipinski definition) is 4. The summed E-state index contributed by atoms with van der Waals surface area (Å²) in [7, 11) is 0. The monoisotopic (exact) mass is 455 g/mol. The van der Waals surface area contributed by atoms with E-state index in [1.807, 2.05) is 65.4 Å². The molecule has 1 fully saturated rings. The molecule has 3 aromatic rings. The van der Waals surface area contributed by atoms with E-state index in [-0.39, 0.29) is 17.7 Å². The van der Waals surface area contributed by atoms with Crippen LogP contribution in [0.15, 0.2) is 60.8 Å². The predicted octanol–water partition coefficient (Wildman–Crippen LogP) is 3.90. The van der Waals surface area contributed by atoms with Crippen LogP contribution in [0, 0.1) is 17.2 Å². The first-order valence-corrected chi connectivity index (χ1v) is 11.6. The second kappa shape index (κ2) is 10.8. The molecular weight excluding hydrogens is 426 g/mol. The molecule has 1 aliphatic heterocycles. The van der Waals surface area contributed by atoms with Crippen LogP contribution in [0.1, 0.15) is 30.4 Å². The molecule has 1 aromatic heterocycles. The number of nitrogens with one attached hydrogen (secondary N) is 1. The van der Waals surface area contributed by atoms with Crippen LogP contribution in [0.2, 0.25) is 0 Å². The van der Waals surface area contributed by atoms with E-state index in [4.69, 9.17) is 11.0 Å². The Balaban J connectivity index is 1.38. The lowest BCUT2D eigenvalue weighted by Gasteiger charge is -2.30. The Morgan fingerprint density at radius 3 is 2.71 bits per heavy atom. The maximum atomic E-state index is 12.6. The van der Waals surface area contributed by atoms with Gasteiger partial charge in [0.25, 0.3) is 0 Å². The van der Waals surface area contributed by atoms with Gasteiger partial charge in [-0.1, -0.05) is 30.3 Å². The Labute approximate surface area is 199 Å². The number of primary amides is 1. The zero-order valence-electron chi connectivity index (χ0n) is 19.1. The molecular formula is C27H29N5O2. The van der Waals surface area contributed by atoms with Crippen LogP contribution < -0.4 is 11.1 Å². The van der Waals surface area contributed by atoms with Crippen LogP contribution >= 0.6 is 0 Å². The number of hydrogen-bond donors (Lipinski definition) is 2. The summed E-state index contributed by atoms with van der Waals surface area (Å²) in [5.41, 5.74) is 9.27. The molecule has 0 radical (unpaired) electrons. The largest absolute Gasteiger partial charge is 0.369 e. The summed E-state index contributed by atoms with van der Waals surface area (Å²) in [6.07, 6.45) is 7.35. The Kier molecular flexibility index (Phi) is 7.41. The van der Waals surface area contributed by atoms with Crippen molar-refractivity contribution >= 4 is 34.5 Å². The lowest BCUT2D eigenvalue weighted by atomic mass is 9.96. The minimum absolute atomic E-state index is 0.0194. The lowest BCUT2D eigenvalue weighted by Crippen LogP contribution is -2.38. The summed E-state index contributed by atoms with van der Waals surface area (Å²) in [5, 5.41) is 12.9. The summed E-state index contributed by atoms with van der Waals surface area (Å²) < 4.78 is 2.05. The maximum absolute atomic E-state index is 12.6. The van der Waals surface area contributed by atoms with E-state index < -0.39 is 0 Å². The summed E-state index contributed by atoms with van der Waals surface area (Å²) in [4.78, 5) is 26.3. The summed E-state index contributed by atoms with van der Waals surface area (Å²) in [5.74, 6) is -0.425. The number of anilines is 1. The van der Waals surface area contributed by atoms with Crippen molar-refractivity contribution in [3.8, 4) is 6.07 Å². The van der Waals surface area contributed by atoms with Crippen LogP contribution in [0.3, 0.4) is 0 Å². The quantitative estimate of drug-likeness (QED) is 0.503. The van der Waals surface area contributed by atoms with Crippen molar-refractivity contribution in [2.24, 2.45) is 11.7 Å². The van der Waals surface area contributed by atoms with Gasteiger partial charge in [-0.05, 0) is 55.8 Å². The highest BCUT2D eigenvalue weighted by Gasteiger charge is 2.23. The van der Waals surface area contributed by atoms with Gasteiger partial charge in [0.1, 0.15) is 0 Å². The normalized spacial score (nSPS) is 14.9. The van der Waals surface area contributed by atoms with Crippen LogP contribution in [0.25, 0.3) is 17.0 Å². The first-order valence-electron chi connectivity index (χ1n) is 11.6. The number of benzene rings is 2. The van der Waals surface area contributed by atoms with Gasteiger partial charge < -0.3 is 15.6 Å². The maximum Gasteiger partial charge on any atom is 0.248 e. The molecule has 0 bridgehead atoms. The van der Waals surface area contributed by atoms with Gasteiger partial charge in [0, 0.05) is 53.4 Å². The van der Waals surface area contributed by atoms with Gasteiger partial charge in [-0.2, -0.15) is 5.26 Å². The van der Waals surface area contributed by atoms with Crippen LogP contribution in [-0.4, -0.2) is 34.4 Å². The second-order valence-electron chi connectivity index (χ2n) is 8.68. The highest BCUT2D eigenvalue weighted by atomic mass is 16.1. The number of carbonyl (C=O) groups is 2. The van der Waals surface area contributed by atoms with Gasteiger partial charge in [-0.15, -0.1) is 0 Å². The van der Waals surface area contributed by atoms with E-state index in [1.165, 1.54) is 6.08 Å². The minimum Gasteiger partial charge on any atom is -0.369 e. The molecule has 1 aliphatic rings. The van der Waals surface area contributed by atoms with Gasteiger partial charge in [-0.3, -0.25) is 14.5 Å².